The van der Waals surface area contributed by atoms with E-state index < -0.39 is 0 Å². The van der Waals surface area contributed by atoms with Gasteiger partial charge >= 0.3 is 0 Å². The molecule has 2 aliphatic heterocycles. The molecule has 2 N–H and O–H groups in total. The van der Waals surface area contributed by atoms with Crippen molar-refractivity contribution in [1.29, 1.82) is 0 Å². The van der Waals surface area contributed by atoms with E-state index in [1.807, 2.05) is 0 Å². The lowest BCUT2D eigenvalue weighted by Gasteiger charge is -2.31. The molecule has 0 aromatic heterocycles. The van der Waals surface area contributed by atoms with Gasteiger partial charge in [-0.15, -0.1) is 0 Å². The highest BCUT2D eigenvalue weighted by molar-refractivity contribution is 5.78. The van der Waals surface area contributed by atoms with Crippen LogP contribution in [0.5, 0.6) is 0 Å². The van der Waals surface area contributed by atoms with Crippen LogP contribution < -0.4 is 10.6 Å². The van der Waals surface area contributed by atoms with Crippen molar-refractivity contribution in [3.63, 3.8) is 0 Å². The van der Waals surface area contributed by atoms with Gasteiger partial charge in [-0.1, -0.05) is 31.2 Å². The number of carbonyl (C=O) groups is 1. The number of benzene rings is 1. The second-order valence-corrected chi connectivity index (χ2v) is 8.05. The summed E-state index contributed by atoms with van der Waals surface area (Å²) in [4.78, 5) is 15.1. The van der Waals surface area contributed by atoms with Crippen LogP contribution in [0.15, 0.2) is 24.3 Å². The van der Waals surface area contributed by atoms with Gasteiger partial charge in [-0.2, -0.15) is 0 Å². The van der Waals surface area contributed by atoms with E-state index in [1.54, 1.807) is 0 Å². The van der Waals surface area contributed by atoms with Gasteiger partial charge in [0.25, 0.3) is 0 Å². The van der Waals surface area contributed by atoms with E-state index in [0.717, 1.165) is 31.8 Å². The van der Waals surface area contributed by atoms with Crippen molar-refractivity contribution >= 4 is 5.91 Å². The van der Waals surface area contributed by atoms with Crippen LogP contribution in [0.1, 0.15) is 50.7 Å². The Morgan fingerprint density at radius 1 is 1.24 bits per heavy atom. The summed E-state index contributed by atoms with van der Waals surface area (Å²) in [5.74, 6) is 1.17. The molecule has 1 aromatic carbocycles. The van der Waals surface area contributed by atoms with Gasteiger partial charge in [-0.3, -0.25) is 9.69 Å². The summed E-state index contributed by atoms with van der Waals surface area (Å²) < 4.78 is 0. The molecule has 2 heterocycles. The van der Waals surface area contributed by atoms with Crippen molar-refractivity contribution in [2.45, 2.75) is 58.7 Å². The third-order valence-corrected chi connectivity index (χ3v) is 5.70. The summed E-state index contributed by atoms with van der Waals surface area (Å²) in [6, 6.07) is 9.01. The van der Waals surface area contributed by atoms with Gasteiger partial charge in [0.2, 0.25) is 5.91 Å². The number of hydrogen-bond donors (Lipinski definition) is 2. The first-order chi connectivity index (χ1) is 12.1. The maximum Gasteiger partial charge on any atom is 0.223 e. The molecule has 1 aromatic rings. The average molecular weight is 344 g/mol. The van der Waals surface area contributed by atoms with Crippen LogP contribution in [0.3, 0.4) is 0 Å². The molecule has 2 fully saturated rings. The first-order valence-corrected chi connectivity index (χ1v) is 9.92. The Balaban J connectivity index is 1.56. The van der Waals surface area contributed by atoms with Crippen LogP contribution in [-0.4, -0.2) is 36.5 Å². The zero-order valence-electron chi connectivity index (χ0n) is 15.8. The molecule has 138 valence electrons. The van der Waals surface area contributed by atoms with Crippen molar-refractivity contribution in [2.24, 2.45) is 11.8 Å². The third-order valence-electron chi connectivity index (χ3n) is 5.70. The molecule has 0 spiro atoms. The molecule has 0 aliphatic carbocycles. The molecule has 0 saturated carbocycles. The smallest absolute Gasteiger partial charge is 0.223 e. The molecule has 1 amide bonds. The first-order valence-electron chi connectivity index (χ1n) is 9.92. The lowest BCUT2D eigenvalue weighted by atomic mass is 9.92. The molecule has 3 atom stereocenters. The van der Waals surface area contributed by atoms with Crippen molar-refractivity contribution in [1.82, 2.24) is 15.5 Å². The Bertz CT molecular complexity index is 574. The highest BCUT2D eigenvalue weighted by Gasteiger charge is 2.24. The summed E-state index contributed by atoms with van der Waals surface area (Å²) in [6.07, 6.45) is 4.54. The van der Waals surface area contributed by atoms with Crippen LogP contribution >= 0.6 is 0 Å². The monoisotopic (exact) mass is 343 g/mol. The molecule has 4 nitrogen and oxygen atoms in total. The summed E-state index contributed by atoms with van der Waals surface area (Å²) in [6.45, 7) is 9.48. The Labute approximate surface area is 152 Å². The topological polar surface area (TPSA) is 44.4 Å². The number of carbonyl (C=O) groups excluding carboxylic acids is 1. The number of nitrogens with one attached hydrogen (secondary N) is 2. The van der Waals surface area contributed by atoms with Gasteiger partial charge in [0.05, 0.1) is 0 Å². The fraction of sp³-hybridized carbons (Fsp3) is 0.667. The van der Waals surface area contributed by atoms with E-state index in [0.29, 0.717) is 12.6 Å². The predicted octanol–water partition coefficient (Wildman–Crippen LogP) is 2.92. The minimum absolute atomic E-state index is 0.159. The minimum atomic E-state index is 0.159. The molecular formula is C21H33N3O. The van der Waals surface area contributed by atoms with Gasteiger partial charge < -0.3 is 10.6 Å². The minimum Gasteiger partial charge on any atom is -0.352 e. The van der Waals surface area contributed by atoms with E-state index in [9.17, 15) is 4.79 Å². The van der Waals surface area contributed by atoms with Gasteiger partial charge in [0.15, 0.2) is 0 Å². The Kier molecular flexibility index (Phi) is 6.49. The second kappa shape index (κ2) is 8.81. The maximum absolute atomic E-state index is 12.5. The van der Waals surface area contributed by atoms with Gasteiger partial charge in [-0.25, -0.2) is 0 Å². The van der Waals surface area contributed by atoms with E-state index in [4.69, 9.17) is 0 Å². The standard InChI is InChI=1S/C21H33N3O/c1-16-6-5-11-24(14-16)15-20-8-4-3-7-19(20)13-23-21(25)18-9-10-22-17(2)12-18/h3-4,7-8,16-18,22H,5-6,9-15H2,1-2H3,(H,23,25)/t16?,17-,18-/m0/s1. The SMILES string of the molecule is CC1CCCN(Cc2ccccc2CNC(=O)[C@H]2CCN[C@@H](C)C2)C1. The highest BCUT2D eigenvalue weighted by atomic mass is 16.1. The molecular weight excluding hydrogens is 310 g/mol. The number of piperidine rings is 2. The summed E-state index contributed by atoms with van der Waals surface area (Å²) >= 11 is 0. The molecule has 0 bridgehead atoms. The van der Waals surface area contributed by atoms with E-state index >= 15 is 0 Å². The Hall–Kier alpha value is -1.39. The molecule has 4 heteroatoms. The lowest BCUT2D eigenvalue weighted by molar-refractivity contribution is -0.126. The van der Waals surface area contributed by atoms with E-state index in [2.05, 4.69) is 53.6 Å². The number of nitrogens with zero attached hydrogens (tertiary/aromatic N) is 1. The third kappa shape index (κ3) is 5.29. The number of hydrogen-bond acceptors (Lipinski definition) is 3. The van der Waals surface area contributed by atoms with Crippen LogP contribution in [0.25, 0.3) is 0 Å². The van der Waals surface area contributed by atoms with Crippen molar-refractivity contribution in [2.75, 3.05) is 19.6 Å². The maximum atomic E-state index is 12.5. The molecule has 0 radical (unpaired) electrons. The quantitative estimate of drug-likeness (QED) is 0.864. The largest absolute Gasteiger partial charge is 0.352 e. The van der Waals surface area contributed by atoms with Gasteiger partial charge in [0, 0.05) is 31.6 Å². The first kappa shape index (κ1) is 18.4. The lowest BCUT2D eigenvalue weighted by Crippen LogP contribution is -2.42. The fourth-order valence-corrected chi connectivity index (χ4v) is 4.25. The Morgan fingerprint density at radius 2 is 2.04 bits per heavy atom. The number of likely N-dealkylation sites (tertiary alicyclic amines) is 1. The molecule has 1 unspecified atom stereocenters. The van der Waals surface area contributed by atoms with Crippen LogP contribution in [0, 0.1) is 11.8 Å². The summed E-state index contributed by atoms with van der Waals surface area (Å²) in [5, 5.41) is 6.60. The highest BCUT2D eigenvalue weighted by Crippen LogP contribution is 2.20. The van der Waals surface area contributed by atoms with Crippen LogP contribution in [0.4, 0.5) is 0 Å². The molecule has 25 heavy (non-hydrogen) atoms. The van der Waals surface area contributed by atoms with Crippen molar-refractivity contribution < 1.29 is 4.79 Å². The number of amides is 1. The zero-order valence-corrected chi connectivity index (χ0v) is 15.8. The van der Waals surface area contributed by atoms with Crippen molar-refractivity contribution in [3.05, 3.63) is 35.4 Å². The summed E-state index contributed by atoms with van der Waals surface area (Å²) in [5.41, 5.74) is 2.62. The molecule has 2 aliphatic rings. The Morgan fingerprint density at radius 3 is 2.80 bits per heavy atom. The van der Waals surface area contributed by atoms with Gasteiger partial charge in [0.1, 0.15) is 0 Å². The van der Waals surface area contributed by atoms with Crippen LogP contribution in [0.2, 0.25) is 0 Å². The van der Waals surface area contributed by atoms with E-state index in [-0.39, 0.29) is 11.8 Å². The normalized spacial score (nSPS) is 27.8. The second-order valence-electron chi connectivity index (χ2n) is 8.05. The molecule has 2 saturated heterocycles. The van der Waals surface area contributed by atoms with Crippen LogP contribution in [-0.2, 0) is 17.9 Å². The molecule has 3 rings (SSSR count). The average Bonchev–Trinajstić information content (AvgIpc) is 2.61. The van der Waals surface area contributed by atoms with E-state index in [1.165, 1.54) is 37.1 Å². The zero-order chi connectivity index (χ0) is 17.6. The number of rotatable bonds is 5. The van der Waals surface area contributed by atoms with Gasteiger partial charge in [-0.05, 0) is 62.7 Å². The predicted molar refractivity (Wildman–Crippen MR) is 102 cm³/mol. The van der Waals surface area contributed by atoms with Crippen molar-refractivity contribution in [3.8, 4) is 0 Å². The summed E-state index contributed by atoms with van der Waals surface area (Å²) in [7, 11) is 0. The fourth-order valence-electron chi connectivity index (χ4n) is 4.25.